The van der Waals surface area contributed by atoms with Crippen molar-refractivity contribution in [3.05, 3.63) is 89.0 Å². The van der Waals surface area contributed by atoms with E-state index in [4.69, 9.17) is 4.74 Å². The number of nitrogens with one attached hydrogen (secondary N) is 1. The maximum absolute atomic E-state index is 13.0. The predicted molar refractivity (Wildman–Crippen MR) is 127 cm³/mol. The van der Waals surface area contributed by atoms with Gasteiger partial charge in [0.05, 0.1) is 5.56 Å². The van der Waals surface area contributed by atoms with Gasteiger partial charge in [0.25, 0.3) is 0 Å². The van der Waals surface area contributed by atoms with Gasteiger partial charge < -0.3 is 20.1 Å². The third-order valence-corrected chi connectivity index (χ3v) is 6.54. The number of carbonyl (C=O) groups excluding carboxylic acids is 2. The first kappa shape index (κ1) is 21.7. The first-order chi connectivity index (χ1) is 16.4. The summed E-state index contributed by atoms with van der Waals surface area (Å²) in [6.45, 7) is 2.20. The van der Waals surface area contributed by atoms with Crippen LogP contribution in [0.2, 0.25) is 0 Å². The van der Waals surface area contributed by atoms with Crippen molar-refractivity contribution < 1.29 is 24.2 Å². The maximum atomic E-state index is 13.0. The molecular formula is C27H24N2O5. The van der Waals surface area contributed by atoms with E-state index in [2.05, 4.69) is 17.4 Å². The Morgan fingerprint density at radius 1 is 1.03 bits per heavy atom. The van der Waals surface area contributed by atoms with Gasteiger partial charge in [0, 0.05) is 18.2 Å². The number of amides is 2. The van der Waals surface area contributed by atoms with Gasteiger partial charge in [-0.3, -0.25) is 4.79 Å². The van der Waals surface area contributed by atoms with Gasteiger partial charge in [0.2, 0.25) is 5.91 Å². The zero-order valence-electron chi connectivity index (χ0n) is 18.7. The van der Waals surface area contributed by atoms with Crippen molar-refractivity contribution >= 4 is 23.7 Å². The van der Waals surface area contributed by atoms with Crippen molar-refractivity contribution in [3.8, 4) is 11.1 Å². The first-order valence-corrected chi connectivity index (χ1v) is 11.2. The fourth-order valence-electron chi connectivity index (χ4n) is 4.85. The normalized spacial score (nSPS) is 14.7. The minimum Gasteiger partial charge on any atom is -0.478 e. The number of carboxylic acid groups (broad SMARTS) is 1. The molecule has 0 saturated carbocycles. The van der Waals surface area contributed by atoms with Crippen LogP contribution in [-0.4, -0.2) is 42.3 Å². The summed E-state index contributed by atoms with van der Waals surface area (Å²) in [5.74, 6) is -1.43. The number of anilines is 1. The van der Waals surface area contributed by atoms with Crippen LogP contribution in [0.4, 0.5) is 10.5 Å². The second-order valence-electron chi connectivity index (χ2n) is 8.58. The van der Waals surface area contributed by atoms with Gasteiger partial charge in [-0.2, -0.15) is 0 Å². The van der Waals surface area contributed by atoms with Crippen LogP contribution in [0.1, 0.15) is 39.9 Å². The van der Waals surface area contributed by atoms with Crippen LogP contribution in [-0.2, 0) is 16.0 Å². The van der Waals surface area contributed by atoms with Gasteiger partial charge in [-0.25, -0.2) is 9.59 Å². The molecule has 1 aliphatic heterocycles. The van der Waals surface area contributed by atoms with Crippen LogP contribution in [0.3, 0.4) is 0 Å². The molecule has 3 aromatic rings. The summed E-state index contributed by atoms with van der Waals surface area (Å²) in [7, 11) is 0. The highest BCUT2D eigenvalue weighted by atomic mass is 16.5. The number of aromatic carboxylic acids is 1. The summed E-state index contributed by atoms with van der Waals surface area (Å²) in [6, 6.07) is 20.1. The number of nitrogens with zero attached hydrogens (tertiary/aromatic N) is 1. The molecule has 5 rings (SSSR count). The molecule has 172 valence electrons. The van der Waals surface area contributed by atoms with Crippen LogP contribution in [0, 0.1) is 0 Å². The molecule has 0 bridgehead atoms. The second kappa shape index (κ2) is 8.67. The topological polar surface area (TPSA) is 95.9 Å². The lowest BCUT2D eigenvalue weighted by molar-refractivity contribution is -0.120. The fraction of sp³-hybridized carbons (Fsp3) is 0.222. The highest BCUT2D eigenvalue weighted by Crippen LogP contribution is 2.44. The Kier molecular flexibility index (Phi) is 5.53. The van der Waals surface area contributed by atoms with Crippen molar-refractivity contribution in [1.82, 2.24) is 5.32 Å². The summed E-state index contributed by atoms with van der Waals surface area (Å²) in [5, 5.41) is 11.9. The smallest absolute Gasteiger partial charge is 0.407 e. The number of hydrogen-bond donors (Lipinski definition) is 2. The van der Waals surface area contributed by atoms with Crippen LogP contribution >= 0.6 is 0 Å². The average molecular weight is 456 g/mol. The van der Waals surface area contributed by atoms with Crippen molar-refractivity contribution in [2.24, 2.45) is 0 Å². The molecule has 0 fully saturated rings. The Balaban J connectivity index is 1.24. The molecule has 1 heterocycles. The molecule has 0 radical (unpaired) electrons. The van der Waals surface area contributed by atoms with Crippen LogP contribution in [0.5, 0.6) is 0 Å². The Hall–Kier alpha value is -4.13. The van der Waals surface area contributed by atoms with E-state index >= 15 is 0 Å². The molecule has 0 saturated heterocycles. The molecule has 1 aliphatic carbocycles. The van der Waals surface area contributed by atoms with Crippen molar-refractivity contribution in [2.75, 3.05) is 18.1 Å². The molecule has 1 atom stereocenters. The standard InChI is InChI=1S/C27H24N2O5/c1-16(25(30)29-13-12-17-10-11-18(26(31)32)14-24(17)29)28-27(33)34-15-23-21-8-4-2-6-19(21)20-7-3-5-9-22(20)23/h2-11,14,16,23H,12-13,15H2,1H3,(H,28,33)(H,31,32). The molecule has 3 aromatic carbocycles. The summed E-state index contributed by atoms with van der Waals surface area (Å²) in [4.78, 5) is 38.4. The van der Waals surface area contributed by atoms with Gasteiger partial charge in [-0.1, -0.05) is 54.6 Å². The summed E-state index contributed by atoms with van der Waals surface area (Å²) in [5.41, 5.74) is 6.12. The van der Waals surface area contributed by atoms with Gasteiger partial charge in [0.15, 0.2) is 0 Å². The third-order valence-electron chi connectivity index (χ3n) is 6.54. The van der Waals surface area contributed by atoms with E-state index in [1.807, 2.05) is 36.4 Å². The molecule has 7 nitrogen and oxygen atoms in total. The second-order valence-corrected chi connectivity index (χ2v) is 8.58. The van der Waals surface area contributed by atoms with E-state index in [0.717, 1.165) is 27.8 Å². The van der Waals surface area contributed by atoms with E-state index in [9.17, 15) is 19.5 Å². The average Bonchev–Trinajstić information content (AvgIpc) is 3.41. The lowest BCUT2D eigenvalue weighted by atomic mass is 9.98. The van der Waals surface area contributed by atoms with Crippen molar-refractivity contribution in [3.63, 3.8) is 0 Å². The highest BCUT2D eigenvalue weighted by molar-refractivity contribution is 6.01. The lowest BCUT2D eigenvalue weighted by Gasteiger charge is -2.23. The van der Waals surface area contributed by atoms with Gasteiger partial charge in [-0.05, 0) is 53.3 Å². The molecule has 2 aliphatic rings. The molecular weight excluding hydrogens is 432 g/mol. The molecule has 2 amide bonds. The SMILES string of the molecule is CC(NC(=O)OCC1c2ccccc2-c2ccccc21)C(=O)N1CCc2ccc(C(=O)O)cc21. The van der Waals surface area contributed by atoms with Gasteiger partial charge in [-0.15, -0.1) is 0 Å². The number of rotatable bonds is 5. The molecule has 0 aromatic heterocycles. The lowest BCUT2D eigenvalue weighted by Crippen LogP contribution is -2.47. The predicted octanol–water partition coefficient (Wildman–Crippen LogP) is 4.20. The van der Waals surface area contributed by atoms with Crippen molar-refractivity contribution in [2.45, 2.75) is 25.3 Å². The Bertz CT molecular complexity index is 1260. The van der Waals surface area contributed by atoms with Gasteiger partial charge in [0.1, 0.15) is 12.6 Å². The van der Waals surface area contributed by atoms with Crippen LogP contribution in [0.15, 0.2) is 66.7 Å². The van der Waals surface area contributed by atoms with E-state index in [1.54, 1.807) is 13.0 Å². The summed E-state index contributed by atoms with van der Waals surface area (Å²) >= 11 is 0. The van der Waals surface area contributed by atoms with Crippen LogP contribution < -0.4 is 10.2 Å². The molecule has 34 heavy (non-hydrogen) atoms. The molecule has 0 spiro atoms. The minimum atomic E-state index is -1.05. The number of benzene rings is 3. The number of carboxylic acids is 1. The minimum absolute atomic E-state index is 0.0657. The Morgan fingerprint density at radius 2 is 1.68 bits per heavy atom. The Labute approximate surface area is 197 Å². The van der Waals surface area contributed by atoms with Crippen molar-refractivity contribution in [1.29, 1.82) is 0 Å². The van der Waals surface area contributed by atoms with E-state index in [1.165, 1.54) is 17.0 Å². The molecule has 1 unspecified atom stereocenters. The zero-order valence-corrected chi connectivity index (χ0v) is 18.7. The molecule has 7 heteroatoms. The summed E-state index contributed by atoms with van der Waals surface area (Å²) in [6.07, 6.45) is -0.0278. The third kappa shape index (κ3) is 3.79. The maximum Gasteiger partial charge on any atom is 0.407 e. The van der Waals surface area contributed by atoms with E-state index in [-0.39, 0.29) is 24.0 Å². The molecule has 2 N–H and O–H groups in total. The number of ether oxygens (including phenoxy) is 1. The first-order valence-electron chi connectivity index (χ1n) is 11.2. The number of carbonyl (C=O) groups is 3. The van der Waals surface area contributed by atoms with Crippen LogP contribution in [0.25, 0.3) is 11.1 Å². The Morgan fingerprint density at radius 3 is 2.32 bits per heavy atom. The number of hydrogen-bond acceptors (Lipinski definition) is 4. The number of alkyl carbamates (subject to hydrolysis) is 1. The van der Waals surface area contributed by atoms with E-state index < -0.39 is 18.1 Å². The quantitative estimate of drug-likeness (QED) is 0.600. The fourth-order valence-corrected chi connectivity index (χ4v) is 4.85. The number of fused-ring (bicyclic) bond motifs is 4. The largest absolute Gasteiger partial charge is 0.478 e. The van der Waals surface area contributed by atoms with Gasteiger partial charge >= 0.3 is 12.1 Å². The van der Waals surface area contributed by atoms with E-state index in [0.29, 0.717) is 18.7 Å². The zero-order chi connectivity index (χ0) is 23.8. The monoisotopic (exact) mass is 456 g/mol. The highest BCUT2D eigenvalue weighted by Gasteiger charge is 2.31. The summed E-state index contributed by atoms with van der Waals surface area (Å²) < 4.78 is 5.54.